The molecule has 0 saturated heterocycles. The first kappa shape index (κ1) is 25.3. The number of rotatable bonds is 8. The summed E-state index contributed by atoms with van der Waals surface area (Å²) in [6.45, 7) is 0.119. The summed E-state index contributed by atoms with van der Waals surface area (Å²) in [7, 11) is 0. The maximum Gasteiger partial charge on any atom is 0.251 e. The average Bonchev–Trinajstić information content (AvgIpc) is 3.61. The lowest BCUT2D eigenvalue weighted by Crippen LogP contribution is -2.42. The van der Waals surface area contributed by atoms with Gasteiger partial charge < -0.3 is 19.7 Å². The van der Waals surface area contributed by atoms with E-state index in [4.69, 9.17) is 21.1 Å². The van der Waals surface area contributed by atoms with Crippen LogP contribution in [0.2, 0.25) is 5.02 Å². The number of para-hydroxylation sites is 1. The molecule has 1 N–H and O–H groups in total. The largest absolute Gasteiger partial charge is 0.454 e. The summed E-state index contributed by atoms with van der Waals surface area (Å²) in [6.07, 6.45) is 3.32. The van der Waals surface area contributed by atoms with E-state index in [1.165, 1.54) is 9.58 Å². The minimum Gasteiger partial charge on any atom is -0.454 e. The summed E-state index contributed by atoms with van der Waals surface area (Å²) in [6, 6.07) is 22.0. The smallest absolute Gasteiger partial charge is 0.251 e. The summed E-state index contributed by atoms with van der Waals surface area (Å²) in [5, 5.41) is 11.8. The van der Waals surface area contributed by atoms with Gasteiger partial charge in [-0.15, -0.1) is 5.10 Å². The van der Waals surface area contributed by atoms with Crippen molar-refractivity contribution in [3.05, 3.63) is 107 Å². The molecule has 2 amide bonds. The lowest BCUT2D eigenvalue weighted by molar-refractivity contribution is -0.140. The Labute approximate surface area is 234 Å². The maximum absolute atomic E-state index is 14.0. The average molecular weight is 555 g/mol. The van der Waals surface area contributed by atoms with Gasteiger partial charge in [0, 0.05) is 35.7 Å². The van der Waals surface area contributed by atoms with Crippen molar-refractivity contribution < 1.29 is 19.1 Å². The van der Waals surface area contributed by atoms with Crippen LogP contribution < -0.4 is 14.8 Å². The molecule has 0 spiro atoms. The number of carbonyl (C=O) groups excluding carboxylic acids is 2. The fraction of sp³-hybridized carbons (Fsp3) is 0.138. The van der Waals surface area contributed by atoms with Crippen LogP contribution in [-0.2, 0) is 22.7 Å². The number of carbonyl (C=O) groups is 2. The third-order valence-corrected chi connectivity index (χ3v) is 6.74. The van der Waals surface area contributed by atoms with Crippen LogP contribution in [-0.4, -0.2) is 43.5 Å². The van der Waals surface area contributed by atoms with Crippen LogP contribution in [0.3, 0.4) is 0 Å². The summed E-state index contributed by atoms with van der Waals surface area (Å²) >= 11 is 6.17. The second-order valence-corrected chi connectivity index (χ2v) is 9.57. The number of hydrogen-bond donors (Lipinski definition) is 1. The Hall–Kier alpha value is -4.96. The Bertz CT molecular complexity index is 1680. The van der Waals surface area contributed by atoms with Crippen molar-refractivity contribution in [2.75, 3.05) is 12.1 Å². The highest BCUT2D eigenvalue weighted by atomic mass is 35.5. The normalized spacial score (nSPS) is 12.7. The monoisotopic (exact) mass is 554 g/mol. The second-order valence-electron chi connectivity index (χ2n) is 9.13. The number of fused-ring (bicyclic) bond motifs is 2. The number of benzene rings is 3. The van der Waals surface area contributed by atoms with Gasteiger partial charge >= 0.3 is 0 Å². The number of hydrogen-bond acceptors (Lipinski definition) is 7. The standard InChI is InChI=1S/C29H23ClN6O4/c30-21-9-7-20(8-10-21)28(29(38)32-22-11-12-25-26(14-22)40-18-39-25)35(16-19-4-3-13-31-15-19)27(37)17-36-24-6-2-1-5-23(24)33-34-36/h1-15,28H,16-18H2,(H,32,38)/t28-/m1/s1. The van der Waals surface area contributed by atoms with Crippen molar-refractivity contribution in [3.63, 3.8) is 0 Å². The number of pyridine rings is 1. The van der Waals surface area contributed by atoms with E-state index in [9.17, 15) is 9.59 Å². The first-order valence-corrected chi connectivity index (χ1v) is 12.9. The molecule has 11 heteroatoms. The zero-order valence-corrected chi connectivity index (χ0v) is 21.9. The topological polar surface area (TPSA) is 111 Å². The molecule has 10 nitrogen and oxygen atoms in total. The van der Waals surface area contributed by atoms with Crippen molar-refractivity contribution >= 4 is 40.1 Å². The van der Waals surface area contributed by atoms with Crippen molar-refractivity contribution in [1.82, 2.24) is 24.9 Å². The molecule has 6 rings (SSSR count). The van der Waals surface area contributed by atoms with Gasteiger partial charge in [-0.1, -0.05) is 47.1 Å². The van der Waals surface area contributed by atoms with Gasteiger partial charge in [0.2, 0.25) is 12.7 Å². The Morgan fingerprint density at radius 2 is 1.82 bits per heavy atom. The molecule has 1 aliphatic heterocycles. The molecule has 40 heavy (non-hydrogen) atoms. The van der Waals surface area contributed by atoms with Crippen LogP contribution in [0, 0.1) is 0 Å². The molecule has 0 saturated carbocycles. The van der Waals surface area contributed by atoms with E-state index in [2.05, 4.69) is 20.6 Å². The molecule has 3 heterocycles. The molecule has 200 valence electrons. The lowest BCUT2D eigenvalue weighted by atomic mass is 10.0. The predicted octanol–water partition coefficient (Wildman–Crippen LogP) is 4.62. The van der Waals surface area contributed by atoms with Gasteiger partial charge in [-0.25, -0.2) is 4.68 Å². The molecule has 2 aromatic heterocycles. The fourth-order valence-corrected chi connectivity index (χ4v) is 4.69. The number of nitrogens with zero attached hydrogens (tertiary/aromatic N) is 5. The molecule has 0 radical (unpaired) electrons. The van der Waals surface area contributed by atoms with Gasteiger partial charge in [-0.3, -0.25) is 14.6 Å². The summed E-state index contributed by atoms with van der Waals surface area (Å²) in [4.78, 5) is 33.7. The van der Waals surface area contributed by atoms with Crippen LogP contribution in [0.5, 0.6) is 11.5 Å². The van der Waals surface area contributed by atoms with E-state index < -0.39 is 11.9 Å². The van der Waals surface area contributed by atoms with Gasteiger partial charge in [-0.2, -0.15) is 0 Å². The SMILES string of the molecule is O=C(Nc1ccc2c(c1)OCO2)[C@@H](c1ccc(Cl)cc1)N(Cc1cccnc1)C(=O)Cn1nnc2ccccc21. The van der Waals surface area contributed by atoms with Crippen LogP contribution >= 0.6 is 11.6 Å². The second kappa shape index (κ2) is 11.0. The first-order chi connectivity index (χ1) is 19.5. The van der Waals surface area contributed by atoms with Crippen LogP contribution in [0.15, 0.2) is 91.3 Å². The van der Waals surface area contributed by atoms with E-state index in [1.54, 1.807) is 60.9 Å². The zero-order valence-electron chi connectivity index (χ0n) is 21.1. The van der Waals surface area contributed by atoms with Crippen LogP contribution in [0.25, 0.3) is 11.0 Å². The highest BCUT2D eigenvalue weighted by molar-refractivity contribution is 6.30. The van der Waals surface area contributed by atoms with Gasteiger partial charge in [-0.05, 0) is 53.6 Å². The van der Waals surface area contributed by atoms with E-state index in [1.807, 2.05) is 30.3 Å². The highest BCUT2D eigenvalue weighted by Gasteiger charge is 2.32. The van der Waals surface area contributed by atoms with Gasteiger partial charge in [0.05, 0.1) is 5.52 Å². The summed E-state index contributed by atoms with van der Waals surface area (Å²) < 4.78 is 12.4. The van der Waals surface area contributed by atoms with Crippen molar-refractivity contribution in [1.29, 1.82) is 0 Å². The fourth-order valence-electron chi connectivity index (χ4n) is 4.57. The molecule has 0 bridgehead atoms. The number of aromatic nitrogens is 4. The minimum absolute atomic E-state index is 0.116. The van der Waals surface area contributed by atoms with E-state index in [0.29, 0.717) is 38.8 Å². The van der Waals surface area contributed by atoms with Crippen LogP contribution in [0.4, 0.5) is 5.69 Å². The van der Waals surface area contributed by atoms with E-state index in [-0.39, 0.29) is 25.8 Å². The molecule has 0 aliphatic carbocycles. The third kappa shape index (κ3) is 5.29. The Kier molecular flexibility index (Phi) is 6.98. The third-order valence-electron chi connectivity index (χ3n) is 6.49. The van der Waals surface area contributed by atoms with E-state index in [0.717, 1.165) is 5.56 Å². The Balaban J connectivity index is 1.37. The minimum atomic E-state index is -1.01. The van der Waals surface area contributed by atoms with Gasteiger partial charge in [0.25, 0.3) is 5.91 Å². The van der Waals surface area contributed by atoms with Crippen molar-refractivity contribution in [2.24, 2.45) is 0 Å². The summed E-state index contributed by atoms with van der Waals surface area (Å²) in [5.74, 6) is 0.380. The van der Waals surface area contributed by atoms with Crippen molar-refractivity contribution in [3.8, 4) is 11.5 Å². The Morgan fingerprint density at radius 3 is 2.65 bits per heavy atom. The predicted molar refractivity (Wildman–Crippen MR) is 148 cm³/mol. The number of anilines is 1. The van der Waals surface area contributed by atoms with Crippen LogP contribution in [0.1, 0.15) is 17.2 Å². The summed E-state index contributed by atoms with van der Waals surface area (Å²) in [5.41, 5.74) is 3.23. The molecule has 0 unspecified atom stereocenters. The number of nitrogens with one attached hydrogen (secondary N) is 1. The lowest BCUT2D eigenvalue weighted by Gasteiger charge is -2.31. The molecule has 3 aromatic carbocycles. The quantitative estimate of drug-likeness (QED) is 0.298. The zero-order chi connectivity index (χ0) is 27.5. The highest BCUT2D eigenvalue weighted by Crippen LogP contribution is 2.35. The molecule has 0 fully saturated rings. The number of ether oxygens (including phenoxy) is 2. The van der Waals surface area contributed by atoms with Gasteiger partial charge in [0.1, 0.15) is 18.1 Å². The molecule has 1 aliphatic rings. The molecule has 1 atom stereocenters. The maximum atomic E-state index is 14.0. The first-order valence-electron chi connectivity index (χ1n) is 12.5. The molecule has 5 aromatic rings. The Morgan fingerprint density at radius 1 is 1.00 bits per heavy atom. The van der Waals surface area contributed by atoms with Gasteiger partial charge in [0.15, 0.2) is 11.5 Å². The van der Waals surface area contributed by atoms with Crippen molar-refractivity contribution in [2.45, 2.75) is 19.1 Å². The number of amides is 2. The van der Waals surface area contributed by atoms with E-state index >= 15 is 0 Å². The molecular weight excluding hydrogens is 532 g/mol. The molecular formula is C29H23ClN6O4. The number of halogens is 1.